The number of rotatable bonds is 4. The smallest absolute Gasteiger partial charge is 0.409 e. The van der Waals surface area contributed by atoms with Gasteiger partial charge >= 0.3 is 6.09 Å². The first-order valence-corrected chi connectivity index (χ1v) is 7.84. The first kappa shape index (κ1) is 18.6. The monoisotopic (exact) mass is 355 g/mol. The Labute approximate surface area is 143 Å². The Kier molecular flexibility index (Phi) is 6.26. The van der Waals surface area contributed by atoms with Crippen molar-refractivity contribution in [1.82, 2.24) is 15.1 Å². The molecule has 7 nitrogen and oxygen atoms in total. The largest absolute Gasteiger partial charge is 0.450 e. The number of carbonyl (C=O) groups is 3. The van der Waals surface area contributed by atoms with Crippen LogP contribution in [-0.2, 0) is 9.53 Å². The number of benzene rings is 1. The van der Waals surface area contributed by atoms with Gasteiger partial charge in [0, 0.05) is 37.8 Å². The molecule has 1 fully saturated rings. The van der Waals surface area contributed by atoms with Crippen LogP contribution in [0.1, 0.15) is 17.3 Å². The van der Waals surface area contributed by atoms with Crippen molar-refractivity contribution in [3.8, 4) is 0 Å². The summed E-state index contributed by atoms with van der Waals surface area (Å²) >= 11 is 0. The number of nitrogens with zero attached hydrogens (tertiary/aromatic N) is 2. The molecule has 1 aliphatic heterocycles. The molecule has 1 aromatic rings. The van der Waals surface area contributed by atoms with Crippen LogP contribution in [0.25, 0.3) is 0 Å². The Bertz CT molecular complexity index is 641. The summed E-state index contributed by atoms with van der Waals surface area (Å²) in [6, 6.07) is 2.44. The van der Waals surface area contributed by atoms with E-state index in [0.29, 0.717) is 32.2 Å². The minimum absolute atomic E-state index is 0.197. The van der Waals surface area contributed by atoms with Crippen LogP contribution < -0.4 is 5.32 Å². The van der Waals surface area contributed by atoms with E-state index in [1.165, 1.54) is 9.80 Å². The average molecular weight is 355 g/mol. The zero-order valence-electron chi connectivity index (χ0n) is 13.8. The Hall–Kier alpha value is -2.71. The van der Waals surface area contributed by atoms with E-state index in [1.807, 2.05) is 0 Å². The highest BCUT2D eigenvalue weighted by atomic mass is 19.1. The second kappa shape index (κ2) is 8.41. The molecular formula is C16H19F2N3O4. The summed E-state index contributed by atoms with van der Waals surface area (Å²) in [6.07, 6.45) is -0.420. The molecular weight excluding hydrogens is 336 g/mol. The molecule has 25 heavy (non-hydrogen) atoms. The van der Waals surface area contributed by atoms with Gasteiger partial charge in [0.25, 0.3) is 5.91 Å². The molecule has 1 aliphatic rings. The lowest BCUT2D eigenvalue weighted by atomic mass is 10.2. The van der Waals surface area contributed by atoms with Gasteiger partial charge in [-0.05, 0) is 19.1 Å². The minimum atomic E-state index is -0.869. The molecule has 3 amide bonds. The molecule has 0 saturated carbocycles. The molecule has 1 saturated heterocycles. The number of hydrogen-bond donors (Lipinski definition) is 1. The van der Waals surface area contributed by atoms with Crippen LogP contribution in [-0.4, -0.2) is 67.0 Å². The molecule has 0 aliphatic carbocycles. The van der Waals surface area contributed by atoms with Crippen LogP contribution in [0.3, 0.4) is 0 Å². The number of halogens is 2. The van der Waals surface area contributed by atoms with E-state index >= 15 is 0 Å². The number of carbonyl (C=O) groups excluding carboxylic acids is 3. The first-order chi connectivity index (χ1) is 11.9. The quantitative estimate of drug-likeness (QED) is 0.874. The Morgan fingerprint density at radius 2 is 1.60 bits per heavy atom. The van der Waals surface area contributed by atoms with Crippen LogP contribution >= 0.6 is 0 Å². The fraction of sp³-hybridized carbons (Fsp3) is 0.438. The number of piperazine rings is 1. The molecule has 0 aromatic heterocycles. The molecule has 2 rings (SSSR count). The molecule has 0 bridgehead atoms. The summed E-state index contributed by atoms with van der Waals surface area (Å²) in [5.41, 5.74) is -0.197. The molecule has 0 unspecified atom stereocenters. The number of hydrogen-bond acceptors (Lipinski definition) is 4. The van der Waals surface area contributed by atoms with Gasteiger partial charge in [0.15, 0.2) is 0 Å². The van der Waals surface area contributed by atoms with E-state index < -0.39 is 23.6 Å². The second-order valence-electron chi connectivity index (χ2n) is 5.41. The molecule has 1 N–H and O–H groups in total. The van der Waals surface area contributed by atoms with Crippen molar-refractivity contribution in [1.29, 1.82) is 0 Å². The van der Waals surface area contributed by atoms with E-state index in [4.69, 9.17) is 4.74 Å². The second-order valence-corrected chi connectivity index (χ2v) is 5.41. The van der Waals surface area contributed by atoms with Crippen molar-refractivity contribution >= 4 is 17.9 Å². The molecule has 9 heteroatoms. The van der Waals surface area contributed by atoms with Gasteiger partial charge in [0.2, 0.25) is 5.91 Å². The van der Waals surface area contributed by atoms with Gasteiger partial charge in [-0.25, -0.2) is 13.6 Å². The maximum absolute atomic E-state index is 13.1. The number of amides is 3. The highest BCUT2D eigenvalue weighted by molar-refractivity contribution is 5.96. The lowest BCUT2D eigenvalue weighted by Gasteiger charge is -2.34. The van der Waals surface area contributed by atoms with Crippen molar-refractivity contribution in [3.63, 3.8) is 0 Å². The summed E-state index contributed by atoms with van der Waals surface area (Å²) in [5.74, 6) is -2.82. The van der Waals surface area contributed by atoms with Gasteiger partial charge in [-0.3, -0.25) is 9.59 Å². The highest BCUT2D eigenvalue weighted by Gasteiger charge is 2.25. The van der Waals surface area contributed by atoms with E-state index in [0.717, 1.165) is 12.1 Å². The van der Waals surface area contributed by atoms with E-state index in [1.54, 1.807) is 6.92 Å². The molecule has 136 valence electrons. The van der Waals surface area contributed by atoms with Crippen molar-refractivity contribution < 1.29 is 27.9 Å². The molecule has 1 heterocycles. The predicted octanol–water partition coefficient (Wildman–Crippen LogP) is 0.995. The SMILES string of the molecule is CCOC(=O)N1CCN(C(=O)CNC(=O)c2cc(F)cc(F)c2)CC1. The summed E-state index contributed by atoms with van der Waals surface area (Å²) < 4.78 is 31.1. The third-order valence-corrected chi connectivity index (χ3v) is 3.68. The summed E-state index contributed by atoms with van der Waals surface area (Å²) in [4.78, 5) is 38.6. The summed E-state index contributed by atoms with van der Waals surface area (Å²) in [6.45, 7) is 3.03. The molecule has 0 radical (unpaired) electrons. The van der Waals surface area contributed by atoms with E-state index in [9.17, 15) is 23.2 Å². The third kappa shape index (κ3) is 5.13. The predicted molar refractivity (Wildman–Crippen MR) is 83.9 cm³/mol. The fourth-order valence-electron chi connectivity index (χ4n) is 2.41. The Morgan fingerprint density at radius 3 is 2.16 bits per heavy atom. The maximum Gasteiger partial charge on any atom is 0.409 e. The molecule has 1 aromatic carbocycles. The zero-order chi connectivity index (χ0) is 18.4. The van der Waals surface area contributed by atoms with Crippen LogP contribution in [0.4, 0.5) is 13.6 Å². The number of ether oxygens (including phenoxy) is 1. The lowest BCUT2D eigenvalue weighted by Crippen LogP contribution is -2.52. The standard InChI is InChI=1S/C16H19F2N3O4/c1-2-25-16(24)21-5-3-20(4-6-21)14(22)10-19-15(23)11-7-12(17)9-13(18)8-11/h7-9H,2-6,10H2,1H3,(H,19,23). The highest BCUT2D eigenvalue weighted by Crippen LogP contribution is 2.08. The normalized spacial score (nSPS) is 14.2. The van der Waals surface area contributed by atoms with Crippen molar-refractivity contribution in [2.45, 2.75) is 6.92 Å². The summed E-state index contributed by atoms with van der Waals surface area (Å²) in [5, 5.41) is 2.34. The Morgan fingerprint density at radius 1 is 1.04 bits per heavy atom. The van der Waals surface area contributed by atoms with Gasteiger partial charge < -0.3 is 19.9 Å². The van der Waals surface area contributed by atoms with Crippen LogP contribution in [0.5, 0.6) is 0 Å². The van der Waals surface area contributed by atoms with Crippen LogP contribution in [0, 0.1) is 11.6 Å². The van der Waals surface area contributed by atoms with Crippen LogP contribution in [0.15, 0.2) is 18.2 Å². The van der Waals surface area contributed by atoms with Crippen molar-refractivity contribution in [3.05, 3.63) is 35.4 Å². The average Bonchev–Trinajstić information content (AvgIpc) is 2.59. The number of nitrogens with one attached hydrogen (secondary N) is 1. The zero-order valence-corrected chi connectivity index (χ0v) is 13.8. The van der Waals surface area contributed by atoms with Gasteiger partial charge in [-0.15, -0.1) is 0 Å². The van der Waals surface area contributed by atoms with Crippen molar-refractivity contribution in [2.24, 2.45) is 0 Å². The summed E-state index contributed by atoms with van der Waals surface area (Å²) in [7, 11) is 0. The fourth-order valence-corrected chi connectivity index (χ4v) is 2.41. The third-order valence-electron chi connectivity index (χ3n) is 3.68. The molecule has 0 atom stereocenters. The van der Waals surface area contributed by atoms with Gasteiger partial charge in [-0.2, -0.15) is 0 Å². The van der Waals surface area contributed by atoms with Gasteiger partial charge in [0.1, 0.15) is 11.6 Å². The lowest BCUT2D eigenvalue weighted by molar-refractivity contribution is -0.131. The maximum atomic E-state index is 13.1. The Balaban J connectivity index is 1.81. The first-order valence-electron chi connectivity index (χ1n) is 7.84. The molecule has 0 spiro atoms. The van der Waals surface area contributed by atoms with Crippen molar-refractivity contribution in [2.75, 3.05) is 39.3 Å². The van der Waals surface area contributed by atoms with Gasteiger partial charge in [0.05, 0.1) is 13.2 Å². The topological polar surface area (TPSA) is 79.0 Å². The van der Waals surface area contributed by atoms with Gasteiger partial charge in [-0.1, -0.05) is 0 Å². The van der Waals surface area contributed by atoms with Crippen LogP contribution in [0.2, 0.25) is 0 Å². The minimum Gasteiger partial charge on any atom is -0.450 e. The van der Waals surface area contributed by atoms with E-state index in [2.05, 4.69) is 5.32 Å². The van der Waals surface area contributed by atoms with E-state index in [-0.39, 0.29) is 24.6 Å².